The first kappa shape index (κ1) is 16.5. The van der Waals surface area contributed by atoms with Crippen molar-refractivity contribution in [2.45, 2.75) is 45.8 Å². The normalized spacial score (nSPS) is 23.6. The van der Waals surface area contributed by atoms with Crippen molar-refractivity contribution in [1.29, 1.82) is 0 Å². The molecule has 118 valence electrons. The number of rotatable bonds is 5. The van der Waals surface area contributed by atoms with Gasteiger partial charge in [0.05, 0.1) is 10.7 Å². The van der Waals surface area contributed by atoms with Gasteiger partial charge in [0.25, 0.3) is 0 Å². The minimum Gasteiger partial charge on any atom is -0.353 e. The molecule has 1 aromatic heterocycles. The number of anilines is 1. The van der Waals surface area contributed by atoms with Crippen LogP contribution in [0, 0.1) is 0 Å². The van der Waals surface area contributed by atoms with Crippen LogP contribution in [0.5, 0.6) is 0 Å². The SMILES string of the molecule is CCCNCc1nc(N2CC(C)N(C)C(C)C2)ccc1Cl. The molecule has 2 atom stereocenters. The highest BCUT2D eigenvalue weighted by atomic mass is 35.5. The standard InChI is InChI=1S/C16H27ClN4/c1-5-8-18-9-15-14(17)6-7-16(19-15)21-10-12(2)20(4)13(3)11-21/h6-7,12-13,18H,5,8-11H2,1-4H3. The second-order valence-electron chi connectivity index (χ2n) is 6.04. The van der Waals surface area contributed by atoms with Crippen molar-refractivity contribution in [3.8, 4) is 0 Å². The van der Waals surface area contributed by atoms with Crippen LogP contribution in [0.1, 0.15) is 32.9 Å². The van der Waals surface area contributed by atoms with E-state index in [1.54, 1.807) is 0 Å². The van der Waals surface area contributed by atoms with Gasteiger partial charge in [-0.15, -0.1) is 0 Å². The maximum absolute atomic E-state index is 6.27. The van der Waals surface area contributed by atoms with Gasteiger partial charge in [0.15, 0.2) is 0 Å². The Morgan fingerprint density at radius 3 is 2.57 bits per heavy atom. The number of halogens is 1. The summed E-state index contributed by atoms with van der Waals surface area (Å²) in [6.45, 7) is 10.4. The van der Waals surface area contributed by atoms with Crippen LogP contribution in [0.3, 0.4) is 0 Å². The summed E-state index contributed by atoms with van der Waals surface area (Å²) in [4.78, 5) is 9.57. The predicted molar refractivity (Wildman–Crippen MR) is 90.1 cm³/mol. The number of likely N-dealkylation sites (N-methyl/N-ethyl adjacent to an activating group) is 1. The molecule has 1 fully saturated rings. The van der Waals surface area contributed by atoms with Gasteiger partial charge >= 0.3 is 0 Å². The zero-order chi connectivity index (χ0) is 15.4. The fraction of sp³-hybridized carbons (Fsp3) is 0.688. The Morgan fingerprint density at radius 2 is 1.95 bits per heavy atom. The lowest BCUT2D eigenvalue weighted by Gasteiger charge is -2.43. The lowest BCUT2D eigenvalue weighted by molar-refractivity contribution is 0.169. The van der Waals surface area contributed by atoms with E-state index in [4.69, 9.17) is 16.6 Å². The molecule has 2 unspecified atom stereocenters. The Labute approximate surface area is 133 Å². The number of nitrogens with zero attached hydrogens (tertiary/aromatic N) is 3. The summed E-state index contributed by atoms with van der Waals surface area (Å²) in [6, 6.07) is 5.08. The van der Waals surface area contributed by atoms with Crippen molar-refractivity contribution < 1.29 is 0 Å². The number of aromatic nitrogens is 1. The van der Waals surface area contributed by atoms with E-state index in [0.29, 0.717) is 12.1 Å². The van der Waals surface area contributed by atoms with E-state index in [1.807, 2.05) is 12.1 Å². The van der Waals surface area contributed by atoms with Crippen LogP contribution in [0.2, 0.25) is 5.02 Å². The molecule has 5 heteroatoms. The summed E-state index contributed by atoms with van der Waals surface area (Å²) in [7, 11) is 2.20. The highest BCUT2D eigenvalue weighted by Gasteiger charge is 2.27. The van der Waals surface area contributed by atoms with Crippen LogP contribution in [0.15, 0.2) is 12.1 Å². The predicted octanol–water partition coefficient (Wildman–Crippen LogP) is 2.76. The minimum atomic E-state index is 0.535. The summed E-state index contributed by atoms with van der Waals surface area (Å²) < 4.78 is 0. The Morgan fingerprint density at radius 1 is 1.29 bits per heavy atom. The first-order chi connectivity index (χ1) is 10.0. The molecule has 0 spiro atoms. The fourth-order valence-electron chi connectivity index (χ4n) is 2.75. The second-order valence-corrected chi connectivity index (χ2v) is 6.45. The molecule has 0 bridgehead atoms. The molecular formula is C16H27ClN4. The van der Waals surface area contributed by atoms with Gasteiger partial charge in [0, 0.05) is 31.7 Å². The zero-order valence-electron chi connectivity index (χ0n) is 13.6. The topological polar surface area (TPSA) is 31.4 Å². The Kier molecular flexibility index (Phi) is 5.85. The molecule has 4 nitrogen and oxygen atoms in total. The lowest BCUT2D eigenvalue weighted by atomic mass is 10.1. The quantitative estimate of drug-likeness (QED) is 0.847. The molecule has 21 heavy (non-hydrogen) atoms. The van der Waals surface area contributed by atoms with Crippen LogP contribution in [-0.4, -0.2) is 48.6 Å². The lowest BCUT2D eigenvalue weighted by Crippen LogP contribution is -2.55. The molecule has 2 heterocycles. The third-order valence-corrected chi connectivity index (χ3v) is 4.65. The van der Waals surface area contributed by atoms with Gasteiger partial charge in [-0.1, -0.05) is 18.5 Å². The molecule has 0 aromatic carbocycles. The van der Waals surface area contributed by atoms with Crippen molar-refractivity contribution in [3.05, 3.63) is 22.8 Å². The number of pyridine rings is 1. The Bertz CT molecular complexity index is 454. The van der Waals surface area contributed by atoms with Crippen LogP contribution in [0.4, 0.5) is 5.82 Å². The van der Waals surface area contributed by atoms with Gasteiger partial charge in [0.1, 0.15) is 5.82 Å². The van der Waals surface area contributed by atoms with Crippen molar-refractivity contribution in [3.63, 3.8) is 0 Å². The van der Waals surface area contributed by atoms with Crippen LogP contribution < -0.4 is 10.2 Å². The monoisotopic (exact) mass is 310 g/mol. The Hall–Kier alpha value is -0.840. The van der Waals surface area contributed by atoms with Gasteiger partial charge in [-0.25, -0.2) is 4.98 Å². The van der Waals surface area contributed by atoms with Crippen molar-refractivity contribution in [2.75, 3.05) is 31.6 Å². The summed E-state index contributed by atoms with van der Waals surface area (Å²) in [5, 5.41) is 4.12. The molecule has 1 aliphatic rings. The third-order valence-electron chi connectivity index (χ3n) is 4.31. The molecule has 0 radical (unpaired) electrons. The molecular weight excluding hydrogens is 284 g/mol. The van der Waals surface area contributed by atoms with Crippen LogP contribution in [-0.2, 0) is 6.54 Å². The van der Waals surface area contributed by atoms with E-state index in [-0.39, 0.29) is 0 Å². The van der Waals surface area contributed by atoms with Gasteiger partial charge in [0.2, 0.25) is 0 Å². The van der Waals surface area contributed by atoms with E-state index in [9.17, 15) is 0 Å². The van der Waals surface area contributed by atoms with Crippen molar-refractivity contribution >= 4 is 17.4 Å². The number of hydrogen-bond donors (Lipinski definition) is 1. The average Bonchev–Trinajstić information content (AvgIpc) is 2.46. The van der Waals surface area contributed by atoms with E-state index in [2.05, 4.69) is 42.9 Å². The first-order valence-electron chi connectivity index (χ1n) is 7.86. The van der Waals surface area contributed by atoms with Gasteiger partial charge in [-0.3, -0.25) is 4.90 Å². The smallest absolute Gasteiger partial charge is 0.129 e. The fourth-order valence-corrected chi connectivity index (χ4v) is 2.92. The highest BCUT2D eigenvalue weighted by Crippen LogP contribution is 2.23. The van der Waals surface area contributed by atoms with E-state index >= 15 is 0 Å². The second kappa shape index (κ2) is 7.43. The summed E-state index contributed by atoms with van der Waals surface area (Å²) in [5.74, 6) is 1.04. The summed E-state index contributed by atoms with van der Waals surface area (Å²) in [5.41, 5.74) is 0.946. The number of nitrogens with one attached hydrogen (secondary N) is 1. The van der Waals surface area contributed by atoms with Gasteiger partial charge in [-0.05, 0) is 46.0 Å². The zero-order valence-corrected chi connectivity index (χ0v) is 14.3. The van der Waals surface area contributed by atoms with Crippen molar-refractivity contribution in [2.24, 2.45) is 0 Å². The molecule has 0 saturated carbocycles. The summed E-state index contributed by atoms with van der Waals surface area (Å²) in [6.07, 6.45) is 1.12. The van der Waals surface area contributed by atoms with E-state index < -0.39 is 0 Å². The highest BCUT2D eigenvalue weighted by molar-refractivity contribution is 6.31. The minimum absolute atomic E-state index is 0.535. The molecule has 1 aromatic rings. The molecule has 0 amide bonds. The maximum Gasteiger partial charge on any atom is 0.129 e. The molecule has 0 aliphatic carbocycles. The third kappa shape index (κ3) is 4.09. The molecule has 1 N–H and O–H groups in total. The summed E-state index contributed by atoms with van der Waals surface area (Å²) >= 11 is 6.27. The number of hydrogen-bond acceptors (Lipinski definition) is 4. The molecule has 1 aliphatic heterocycles. The largest absolute Gasteiger partial charge is 0.353 e. The Balaban J connectivity index is 2.11. The van der Waals surface area contributed by atoms with Crippen LogP contribution in [0.25, 0.3) is 0 Å². The van der Waals surface area contributed by atoms with E-state index in [0.717, 1.165) is 49.1 Å². The molecule has 2 rings (SSSR count). The first-order valence-corrected chi connectivity index (χ1v) is 8.23. The average molecular weight is 311 g/mol. The number of piperazine rings is 1. The van der Waals surface area contributed by atoms with Gasteiger partial charge in [-0.2, -0.15) is 0 Å². The maximum atomic E-state index is 6.27. The molecule has 1 saturated heterocycles. The van der Waals surface area contributed by atoms with Gasteiger partial charge < -0.3 is 10.2 Å². The van der Waals surface area contributed by atoms with Crippen LogP contribution >= 0.6 is 11.6 Å². The van der Waals surface area contributed by atoms with Crippen molar-refractivity contribution in [1.82, 2.24) is 15.2 Å². The van der Waals surface area contributed by atoms with E-state index in [1.165, 1.54) is 0 Å².